The van der Waals surface area contributed by atoms with Gasteiger partial charge in [-0.25, -0.2) is 9.78 Å². The molecule has 3 rings (SSSR count). The van der Waals surface area contributed by atoms with Crippen molar-refractivity contribution < 1.29 is 19.1 Å². The van der Waals surface area contributed by atoms with E-state index in [0.717, 1.165) is 16.5 Å². The number of aromatic nitrogens is 2. The first-order chi connectivity index (χ1) is 14.0. The summed E-state index contributed by atoms with van der Waals surface area (Å²) in [5.74, 6) is -2.38. The topological polar surface area (TPSA) is 113 Å². The minimum atomic E-state index is -1.02. The molecule has 0 saturated carbocycles. The van der Waals surface area contributed by atoms with E-state index in [2.05, 4.69) is 20.6 Å². The number of amides is 2. The maximum absolute atomic E-state index is 12.4. The molecule has 0 aliphatic heterocycles. The predicted molar refractivity (Wildman–Crippen MR) is 108 cm³/mol. The van der Waals surface area contributed by atoms with Crippen molar-refractivity contribution in [3.8, 4) is 0 Å². The molecule has 2 heterocycles. The average Bonchev–Trinajstić information content (AvgIpc) is 3.12. The molecule has 2 amide bonds. The molecule has 1 atom stereocenters. The van der Waals surface area contributed by atoms with Crippen LogP contribution in [0, 0.1) is 0 Å². The smallest absolute Gasteiger partial charge is 0.328 e. The number of rotatable bonds is 6. The first kappa shape index (κ1) is 20.3. The number of hydrogen-bond donors (Lipinski definition) is 3. The van der Waals surface area contributed by atoms with Crippen LogP contribution in [0.5, 0.6) is 0 Å². The molecule has 0 radical (unpaired) electrons. The van der Waals surface area contributed by atoms with Gasteiger partial charge in [0.25, 0.3) is 0 Å². The van der Waals surface area contributed by atoms with E-state index in [1.54, 1.807) is 13.1 Å². The van der Waals surface area contributed by atoms with Crippen molar-refractivity contribution in [2.75, 3.05) is 11.9 Å². The van der Waals surface area contributed by atoms with Gasteiger partial charge in [0.2, 0.25) is 0 Å². The molecule has 8 nitrogen and oxygen atoms in total. The molecule has 3 aromatic rings. The minimum absolute atomic E-state index is 0.153. The Labute approximate surface area is 171 Å². The van der Waals surface area contributed by atoms with E-state index in [9.17, 15) is 14.4 Å². The molecular formula is C20H19ClN4O4. The van der Waals surface area contributed by atoms with Gasteiger partial charge >= 0.3 is 17.8 Å². The highest BCUT2D eigenvalue weighted by molar-refractivity contribution is 6.39. The lowest BCUT2D eigenvalue weighted by Crippen LogP contribution is -2.47. The number of carbonyl (C=O) groups excluding carboxylic acids is 3. The number of fused-ring (bicyclic) bond motifs is 1. The Morgan fingerprint density at radius 3 is 2.69 bits per heavy atom. The number of H-pyrrole nitrogens is 1. The van der Waals surface area contributed by atoms with Crippen molar-refractivity contribution >= 4 is 46.1 Å². The highest BCUT2D eigenvalue weighted by Gasteiger charge is 2.26. The van der Waals surface area contributed by atoms with Crippen LogP contribution in [0.3, 0.4) is 0 Å². The van der Waals surface area contributed by atoms with E-state index in [-0.39, 0.29) is 18.8 Å². The number of aromatic amines is 1. The first-order valence-corrected chi connectivity index (χ1v) is 9.30. The molecule has 1 aromatic carbocycles. The van der Waals surface area contributed by atoms with Gasteiger partial charge in [-0.15, -0.1) is 0 Å². The number of anilines is 1. The number of carbonyl (C=O) groups is 3. The Kier molecular flexibility index (Phi) is 6.46. The lowest BCUT2D eigenvalue weighted by molar-refractivity contribution is -0.148. The maximum Gasteiger partial charge on any atom is 0.328 e. The molecule has 0 saturated heterocycles. The third-order valence-electron chi connectivity index (χ3n) is 4.15. The van der Waals surface area contributed by atoms with Gasteiger partial charge in [0.05, 0.1) is 11.6 Å². The van der Waals surface area contributed by atoms with Crippen molar-refractivity contribution in [1.29, 1.82) is 0 Å². The normalized spacial score (nSPS) is 11.7. The van der Waals surface area contributed by atoms with E-state index in [1.165, 1.54) is 18.3 Å². The molecule has 2 aromatic heterocycles. The molecule has 0 unspecified atom stereocenters. The number of ether oxygens (including phenoxy) is 1. The number of nitrogens with zero attached hydrogens (tertiary/aromatic N) is 1. The molecule has 0 bridgehead atoms. The fourth-order valence-corrected chi connectivity index (χ4v) is 2.91. The van der Waals surface area contributed by atoms with Crippen LogP contribution in [0.1, 0.15) is 12.5 Å². The molecule has 0 aliphatic carbocycles. The van der Waals surface area contributed by atoms with Crippen molar-refractivity contribution in [2.45, 2.75) is 19.4 Å². The summed E-state index contributed by atoms with van der Waals surface area (Å²) < 4.78 is 5.05. The van der Waals surface area contributed by atoms with E-state index < -0.39 is 23.8 Å². The summed E-state index contributed by atoms with van der Waals surface area (Å²) in [6.45, 7) is 1.82. The van der Waals surface area contributed by atoms with Gasteiger partial charge in [0.15, 0.2) is 0 Å². The quantitative estimate of drug-likeness (QED) is 0.423. The Balaban J connectivity index is 1.72. The minimum Gasteiger partial charge on any atom is -0.464 e. The van der Waals surface area contributed by atoms with Crippen LogP contribution in [-0.2, 0) is 25.5 Å². The fourth-order valence-electron chi connectivity index (χ4n) is 2.80. The number of hydrogen-bond acceptors (Lipinski definition) is 5. The monoisotopic (exact) mass is 414 g/mol. The van der Waals surface area contributed by atoms with Gasteiger partial charge in [-0.3, -0.25) is 9.59 Å². The molecule has 9 heteroatoms. The zero-order valence-corrected chi connectivity index (χ0v) is 16.3. The second-order valence-corrected chi connectivity index (χ2v) is 6.59. The molecule has 3 N–H and O–H groups in total. The standard InChI is InChI=1S/C20H19ClN4O4/c1-2-29-20(28)16(9-12-10-22-15-6-4-3-5-14(12)15)24-18(26)19(27)25-17-8-7-13(21)11-23-17/h3-8,10-11,16,22H,2,9H2,1H3,(H,24,26)(H,23,25,27)/t16-/m0/s1. The van der Waals surface area contributed by atoms with Crippen LogP contribution >= 0.6 is 11.6 Å². The molecule has 29 heavy (non-hydrogen) atoms. The summed E-state index contributed by atoms with van der Waals surface area (Å²) in [6.07, 6.45) is 3.27. The lowest BCUT2D eigenvalue weighted by atomic mass is 10.0. The molecule has 150 valence electrons. The van der Waals surface area contributed by atoms with Crippen molar-refractivity contribution in [2.24, 2.45) is 0 Å². The molecule has 0 fully saturated rings. The van der Waals surface area contributed by atoms with Crippen LogP contribution in [0.25, 0.3) is 10.9 Å². The molecule has 0 spiro atoms. The number of para-hydroxylation sites is 1. The first-order valence-electron chi connectivity index (χ1n) is 8.93. The van der Waals surface area contributed by atoms with Gasteiger partial charge in [0, 0.05) is 29.7 Å². The largest absolute Gasteiger partial charge is 0.464 e. The SMILES string of the molecule is CCOC(=O)[C@H](Cc1c[nH]c2ccccc12)NC(=O)C(=O)Nc1ccc(Cl)cn1. The summed E-state index contributed by atoms with van der Waals surface area (Å²) in [5.41, 5.74) is 1.72. The van der Waals surface area contributed by atoms with Crippen LogP contribution in [0.4, 0.5) is 5.82 Å². The number of pyridine rings is 1. The molecular weight excluding hydrogens is 396 g/mol. The van der Waals surface area contributed by atoms with Crippen molar-refractivity contribution in [1.82, 2.24) is 15.3 Å². The summed E-state index contributed by atoms with van der Waals surface area (Å²) in [5, 5.41) is 6.12. The summed E-state index contributed by atoms with van der Waals surface area (Å²) in [4.78, 5) is 43.9. The average molecular weight is 415 g/mol. The van der Waals surface area contributed by atoms with E-state index in [4.69, 9.17) is 16.3 Å². The zero-order valence-electron chi connectivity index (χ0n) is 15.6. The van der Waals surface area contributed by atoms with Crippen molar-refractivity contribution in [3.63, 3.8) is 0 Å². The highest BCUT2D eigenvalue weighted by Crippen LogP contribution is 2.19. The van der Waals surface area contributed by atoms with Crippen LogP contribution in [0.2, 0.25) is 5.02 Å². The second kappa shape index (κ2) is 9.20. The maximum atomic E-state index is 12.4. The van der Waals surface area contributed by atoms with E-state index in [1.807, 2.05) is 24.3 Å². The summed E-state index contributed by atoms with van der Waals surface area (Å²) in [7, 11) is 0. The Bertz CT molecular complexity index is 1030. The third-order valence-corrected chi connectivity index (χ3v) is 4.37. The number of halogens is 1. The Hall–Kier alpha value is -3.39. The fraction of sp³-hybridized carbons (Fsp3) is 0.200. The molecule has 0 aliphatic rings. The van der Waals surface area contributed by atoms with Gasteiger partial charge in [0.1, 0.15) is 11.9 Å². The van der Waals surface area contributed by atoms with Crippen LogP contribution in [-0.4, -0.2) is 40.4 Å². The number of nitrogens with one attached hydrogen (secondary N) is 3. The second-order valence-electron chi connectivity index (χ2n) is 6.16. The van der Waals surface area contributed by atoms with Gasteiger partial charge in [-0.2, -0.15) is 0 Å². The Morgan fingerprint density at radius 1 is 1.17 bits per heavy atom. The van der Waals surface area contributed by atoms with Gasteiger partial charge in [-0.1, -0.05) is 29.8 Å². The van der Waals surface area contributed by atoms with Crippen molar-refractivity contribution in [3.05, 3.63) is 59.4 Å². The van der Waals surface area contributed by atoms with E-state index >= 15 is 0 Å². The third kappa shape index (κ3) is 5.11. The highest BCUT2D eigenvalue weighted by atomic mass is 35.5. The van der Waals surface area contributed by atoms with Gasteiger partial charge in [-0.05, 0) is 30.7 Å². The number of esters is 1. The number of benzene rings is 1. The van der Waals surface area contributed by atoms with Crippen LogP contribution in [0.15, 0.2) is 48.8 Å². The lowest BCUT2D eigenvalue weighted by Gasteiger charge is -2.17. The van der Waals surface area contributed by atoms with E-state index in [0.29, 0.717) is 5.02 Å². The van der Waals surface area contributed by atoms with Crippen LogP contribution < -0.4 is 10.6 Å². The summed E-state index contributed by atoms with van der Waals surface area (Å²) >= 11 is 5.74. The predicted octanol–water partition coefficient (Wildman–Crippen LogP) is 2.45. The van der Waals surface area contributed by atoms with Gasteiger partial charge < -0.3 is 20.4 Å². The summed E-state index contributed by atoms with van der Waals surface area (Å²) in [6, 6.07) is 9.55. The Morgan fingerprint density at radius 2 is 1.97 bits per heavy atom. The zero-order chi connectivity index (χ0) is 20.8.